The molecule has 1 nitrogen and oxygen atoms in total. The molecule has 0 spiro atoms. The Morgan fingerprint density at radius 2 is 1.68 bits per heavy atom. The van der Waals surface area contributed by atoms with Gasteiger partial charge in [0.1, 0.15) is 5.82 Å². The van der Waals surface area contributed by atoms with Crippen molar-refractivity contribution in [2.45, 2.75) is 17.1 Å². The largest absolute Gasteiger partial charge is 0.293 e. The van der Waals surface area contributed by atoms with E-state index >= 15 is 0 Å². The van der Waals surface area contributed by atoms with Crippen LogP contribution in [0.25, 0.3) is 0 Å². The van der Waals surface area contributed by atoms with Crippen LogP contribution in [0.15, 0.2) is 57.9 Å². The van der Waals surface area contributed by atoms with Gasteiger partial charge >= 0.3 is 0 Å². The smallest absolute Gasteiger partial charge is 0.175 e. The predicted molar refractivity (Wildman–Crippen MR) is 80.2 cm³/mol. The summed E-state index contributed by atoms with van der Waals surface area (Å²) in [6, 6.07) is 13.5. The first-order valence-electron chi connectivity index (χ1n) is 5.78. The molecule has 2 aromatic carbocycles. The van der Waals surface area contributed by atoms with Gasteiger partial charge in [-0.15, -0.1) is 11.8 Å². The minimum Gasteiger partial charge on any atom is -0.293 e. The third kappa shape index (κ3) is 3.91. The van der Waals surface area contributed by atoms with E-state index < -0.39 is 0 Å². The predicted octanol–water partition coefficient (Wildman–Crippen LogP) is 4.95. The van der Waals surface area contributed by atoms with Crippen molar-refractivity contribution in [3.63, 3.8) is 0 Å². The molecule has 0 aliphatic rings. The summed E-state index contributed by atoms with van der Waals surface area (Å²) in [5.41, 5.74) is 0.685. The second-order valence-electron chi connectivity index (χ2n) is 4.09. The van der Waals surface area contributed by atoms with Crippen molar-refractivity contribution in [2.75, 3.05) is 0 Å². The molecular weight excluding hydrogens is 327 g/mol. The second kappa shape index (κ2) is 6.35. The molecule has 98 valence electrons. The number of halogens is 2. The summed E-state index contributed by atoms with van der Waals surface area (Å²) in [6.45, 7) is 1.86. The van der Waals surface area contributed by atoms with E-state index in [0.717, 1.165) is 9.37 Å². The summed E-state index contributed by atoms with van der Waals surface area (Å²) < 4.78 is 13.8. The highest BCUT2D eigenvalue weighted by Gasteiger charge is 2.16. The molecule has 1 unspecified atom stereocenters. The molecule has 0 radical (unpaired) electrons. The van der Waals surface area contributed by atoms with E-state index in [1.54, 1.807) is 24.3 Å². The third-order valence-corrected chi connectivity index (χ3v) is 4.27. The van der Waals surface area contributed by atoms with Crippen LogP contribution in [0.5, 0.6) is 0 Å². The van der Waals surface area contributed by atoms with Crippen molar-refractivity contribution in [1.82, 2.24) is 0 Å². The van der Waals surface area contributed by atoms with Crippen LogP contribution in [0, 0.1) is 5.82 Å². The van der Waals surface area contributed by atoms with Gasteiger partial charge in [0.15, 0.2) is 5.78 Å². The number of thioether (sulfide) groups is 1. The Balaban J connectivity index is 2.07. The minimum atomic E-state index is -0.267. The van der Waals surface area contributed by atoms with Gasteiger partial charge in [-0.1, -0.05) is 28.1 Å². The summed E-state index contributed by atoms with van der Waals surface area (Å²) >= 11 is 4.77. The number of rotatable bonds is 4. The Morgan fingerprint density at radius 3 is 2.26 bits per heavy atom. The number of ketones is 1. The maximum atomic E-state index is 12.8. The highest BCUT2D eigenvalue weighted by molar-refractivity contribution is 9.10. The van der Waals surface area contributed by atoms with Crippen LogP contribution in [0.4, 0.5) is 4.39 Å². The van der Waals surface area contributed by atoms with E-state index in [4.69, 9.17) is 0 Å². The number of hydrogen-bond acceptors (Lipinski definition) is 2. The molecule has 0 aliphatic heterocycles. The Morgan fingerprint density at radius 1 is 1.11 bits per heavy atom. The average Bonchev–Trinajstić information content (AvgIpc) is 2.41. The van der Waals surface area contributed by atoms with Gasteiger partial charge in [-0.3, -0.25) is 4.79 Å². The maximum Gasteiger partial charge on any atom is 0.175 e. The number of carbonyl (C=O) groups is 1. The first-order chi connectivity index (χ1) is 9.06. The van der Waals surface area contributed by atoms with Gasteiger partial charge in [0.2, 0.25) is 0 Å². The van der Waals surface area contributed by atoms with Crippen LogP contribution in [-0.4, -0.2) is 11.0 Å². The lowest BCUT2D eigenvalue weighted by atomic mass is 10.1. The van der Waals surface area contributed by atoms with Crippen LogP contribution in [0.1, 0.15) is 17.3 Å². The zero-order chi connectivity index (χ0) is 13.8. The standard InChI is InChI=1S/C15H12BrFOS/c1-10(19-14-8-6-13(17)7-9-14)15(18)11-2-4-12(16)5-3-11/h2-10H,1H3. The van der Waals surface area contributed by atoms with Gasteiger partial charge in [-0.2, -0.15) is 0 Å². The van der Waals surface area contributed by atoms with Gasteiger partial charge in [0.05, 0.1) is 5.25 Å². The lowest BCUT2D eigenvalue weighted by Gasteiger charge is -2.10. The van der Waals surface area contributed by atoms with Crippen molar-refractivity contribution in [3.8, 4) is 0 Å². The molecule has 0 fully saturated rings. The fourth-order valence-electron chi connectivity index (χ4n) is 1.62. The number of Topliss-reactive ketones (excluding diaryl/α,β-unsaturated/α-hetero) is 1. The second-order valence-corrected chi connectivity index (χ2v) is 6.42. The normalized spacial score (nSPS) is 12.2. The lowest BCUT2D eigenvalue weighted by molar-refractivity contribution is 0.0994. The van der Waals surface area contributed by atoms with Crippen LogP contribution < -0.4 is 0 Å². The number of carbonyl (C=O) groups excluding carboxylic acids is 1. The first-order valence-corrected chi connectivity index (χ1v) is 7.45. The Kier molecular flexibility index (Phi) is 4.77. The summed E-state index contributed by atoms with van der Waals surface area (Å²) in [4.78, 5) is 13.1. The molecule has 0 amide bonds. The molecule has 2 rings (SSSR count). The molecule has 1 atom stereocenters. The lowest BCUT2D eigenvalue weighted by Crippen LogP contribution is -2.13. The van der Waals surface area contributed by atoms with Crippen LogP contribution in [0.3, 0.4) is 0 Å². The molecule has 0 heterocycles. The fraction of sp³-hybridized carbons (Fsp3) is 0.133. The zero-order valence-electron chi connectivity index (χ0n) is 10.3. The molecule has 0 aromatic heterocycles. The first kappa shape index (κ1) is 14.3. The van der Waals surface area contributed by atoms with Crippen molar-refractivity contribution in [1.29, 1.82) is 0 Å². The van der Waals surface area contributed by atoms with Gasteiger partial charge in [-0.05, 0) is 43.3 Å². The summed E-state index contributed by atoms with van der Waals surface area (Å²) in [5.74, 6) is -0.196. The molecule has 0 saturated carbocycles. The van der Waals surface area contributed by atoms with Crippen LogP contribution in [-0.2, 0) is 0 Å². The summed E-state index contributed by atoms with van der Waals surface area (Å²) in [7, 11) is 0. The van der Waals surface area contributed by atoms with E-state index in [1.807, 2.05) is 19.1 Å². The molecule has 2 aromatic rings. The van der Waals surface area contributed by atoms with E-state index in [0.29, 0.717) is 5.56 Å². The third-order valence-electron chi connectivity index (χ3n) is 2.62. The van der Waals surface area contributed by atoms with E-state index in [1.165, 1.54) is 23.9 Å². The van der Waals surface area contributed by atoms with E-state index in [-0.39, 0.29) is 16.9 Å². The molecule has 4 heteroatoms. The maximum absolute atomic E-state index is 12.8. The van der Waals surface area contributed by atoms with Gasteiger partial charge in [0, 0.05) is 14.9 Å². The fourth-order valence-corrected chi connectivity index (χ4v) is 2.83. The molecule has 0 aliphatic carbocycles. The zero-order valence-corrected chi connectivity index (χ0v) is 12.7. The molecule has 0 bridgehead atoms. The van der Waals surface area contributed by atoms with Gasteiger partial charge in [-0.25, -0.2) is 4.39 Å². The van der Waals surface area contributed by atoms with Crippen LogP contribution >= 0.6 is 27.7 Å². The number of benzene rings is 2. The Bertz CT molecular complexity index is 566. The SMILES string of the molecule is CC(Sc1ccc(F)cc1)C(=O)c1ccc(Br)cc1. The topological polar surface area (TPSA) is 17.1 Å². The molecule has 0 N–H and O–H groups in total. The Hall–Kier alpha value is -1.13. The quantitative estimate of drug-likeness (QED) is 0.579. The van der Waals surface area contributed by atoms with Gasteiger partial charge in [0.25, 0.3) is 0 Å². The van der Waals surface area contributed by atoms with E-state index in [2.05, 4.69) is 15.9 Å². The molecular formula is C15H12BrFOS. The average molecular weight is 339 g/mol. The molecule has 19 heavy (non-hydrogen) atoms. The van der Waals surface area contributed by atoms with E-state index in [9.17, 15) is 9.18 Å². The van der Waals surface area contributed by atoms with Crippen LogP contribution in [0.2, 0.25) is 0 Å². The van der Waals surface area contributed by atoms with Crippen molar-refractivity contribution >= 4 is 33.5 Å². The number of hydrogen-bond donors (Lipinski definition) is 0. The van der Waals surface area contributed by atoms with Crippen molar-refractivity contribution in [2.24, 2.45) is 0 Å². The van der Waals surface area contributed by atoms with Gasteiger partial charge < -0.3 is 0 Å². The highest BCUT2D eigenvalue weighted by Crippen LogP contribution is 2.26. The minimum absolute atomic E-state index is 0.0711. The summed E-state index contributed by atoms with van der Waals surface area (Å²) in [6.07, 6.45) is 0. The Labute approximate surface area is 124 Å². The highest BCUT2D eigenvalue weighted by atomic mass is 79.9. The van der Waals surface area contributed by atoms with Crippen molar-refractivity contribution in [3.05, 3.63) is 64.4 Å². The molecule has 0 saturated heterocycles. The monoisotopic (exact) mass is 338 g/mol. The summed E-state index contributed by atoms with van der Waals surface area (Å²) in [5, 5.41) is -0.202. The van der Waals surface area contributed by atoms with Crippen molar-refractivity contribution < 1.29 is 9.18 Å².